The number of alkyl halides is 1. The maximum Gasteiger partial charge on any atom is 0.310 e. The quantitative estimate of drug-likeness (QED) is 0.549. The summed E-state index contributed by atoms with van der Waals surface area (Å²) in [5.74, 6) is -2.42. The van der Waals surface area contributed by atoms with E-state index in [1.54, 1.807) is 12.1 Å². The lowest BCUT2D eigenvalue weighted by atomic mass is 9.80. The molecule has 3 aliphatic rings. The Labute approximate surface area is 167 Å². The van der Waals surface area contributed by atoms with Crippen LogP contribution in [0.4, 0.5) is 5.69 Å². The monoisotopic (exact) mass is 461 g/mol. The summed E-state index contributed by atoms with van der Waals surface area (Å²) in [6.07, 6.45) is 0.593. The van der Waals surface area contributed by atoms with Gasteiger partial charge in [0, 0.05) is 10.9 Å². The van der Waals surface area contributed by atoms with Gasteiger partial charge in [-0.2, -0.15) is 0 Å². The van der Waals surface area contributed by atoms with Crippen LogP contribution >= 0.6 is 39.1 Å². The number of fused-ring (bicyclic) bond motifs is 1. The molecule has 0 spiro atoms. The minimum Gasteiger partial charge on any atom is -0.461 e. The first-order valence-corrected chi connectivity index (χ1v) is 9.80. The molecule has 2 bridgehead atoms. The average Bonchev–Trinajstić information content (AvgIpc) is 3.20. The van der Waals surface area contributed by atoms with Crippen LogP contribution in [0.2, 0.25) is 10.0 Å². The number of halogens is 3. The minimum atomic E-state index is -0.571. The smallest absolute Gasteiger partial charge is 0.310 e. The minimum absolute atomic E-state index is 0.0145. The molecule has 3 fully saturated rings. The van der Waals surface area contributed by atoms with E-state index < -0.39 is 30.3 Å². The molecule has 1 aromatic rings. The molecule has 0 aromatic heterocycles. The van der Waals surface area contributed by atoms with E-state index >= 15 is 0 Å². The van der Waals surface area contributed by atoms with Crippen LogP contribution in [-0.2, 0) is 23.9 Å². The molecule has 1 heterocycles. The molecule has 1 aromatic carbocycles. The fraction of sp³-hybridized carbons (Fsp3) is 0.471. The van der Waals surface area contributed by atoms with Crippen molar-refractivity contribution >= 4 is 62.7 Å². The lowest BCUT2D eigenvalue weighted by Crippen LogP contribution is -2.39. The van der Waals surface area contributed by atoms with Gasteiger partial charge in [-0.3, -0.25) is 14.4 Å². The number of hydrogen-bond donors (Lipinski definition) is 1. The fourth-order valence-electron chi connectivity index (χ4n) is 4.31. The average molecular weight is 463 g/mol. The van der Waals surface area contributed by atoms with Gasteiger partial charge in [-0.25, -0.2) is 0 Å². The second-order valence-corrected chi connectivity index (χ2v) is 8.64. The standard InChI is InChI=1S/C17H14BrCl2NO5/c18-14-7-4-8-13(17(24)26-15(8)14)12(7)16(23)25-5-11(22)21-10-3-6(19)1-2-9(10)20/h1-3,7-8,12-15H,4-5H2,(H,21,22)/t7-,8-,12-,13+,14+,15+/m1/s1. The Kier molecular flexibility index (Phi) is 4.65. The lowest BCUT2D eigenvalue weighted by molar-refractivity contribution is -0.157. The summed E-state index contributed by atoms with van der Waals surface area (Å²) in [6.45, 7) is -0.465. The van der Waals surface area contributed by atoms with E-state index in [0.717, 1.165) is 6.42 Å². The van der Waals surface area contributed by atoms with Crippen LogP contribution in [0.3, 0.4) is 0 Å². The van der Waals surface area contributed by atoms with Gasteiger partial charge in [0.1, 0.15) is 6.10 Å². The van der Waals surface area contributed by atoms with Crippen molar-refractivity contribution in [1.29, 1.82) is 0 Å². The van der Waals surface area contributed by atoms with E-state index in [2.05, 4.69) is 21.2 Å². The first kappa shape index (κ1) is 18.1. The van der Waals surface area contributed by atoms with Crippen molar-refractivity contribution in [3.8, 4) is 0 Å². The van der Waals surface area contributed by atoms with Crippen molar-refractivity contribution in [3.05, 3.63) is 28.2 Å². The summed E-state index contributed by atoms with van der Waals surface area (Å²) in [5.41, 5.74) is 0.336. The Morgan fingerprint density at radius 1 is 1.31 bits per heavy atom. The second-order valence-electron chi connectivity index (χ2n) is 6.74. The Balaban J connectivity index is 1.38. The summed E-state index contributed by atoms with van der Waals surface area (Å²) >= 11 is 15.4. The van der Waals surface area contributed by atoms with Gasteiger partial charge in [-0.1, -0.05) is 39.1 Å². The summed E-state index contributed by atoms with van der Waals surface area (Å²) in [6, 6.07) is 4.65. The fourth-order valence-corrected chi connectivity index (χ4v) is 5.69. The maximum atomic E-state index is 12.5. The summed E-state index contributed by atoms with van der Waals surface area (Å²) < 4.78 is 10.5. The molecule has 6 nitrogen and oxygen atoms in total. The highest BCUT2D eigenvalue weighted by molar-refractivity contribution is 9.09. The SMILES string of the molecule is O=C(COC(=O)[C@@H]1[C@H]2C[C@H]3[C@H](OC(=O)[C@@H]31)[C@H]2Br)Nc1cc(Cl)ccc1Cl. The van der Waals surface area contributed by atoms with E-state index in [1.165, 1.54) is 6.07 Å². The first-order valence-electron chi connectivity index (χ1n) is 8.13. The molecule has 4 rings (SSSR count). The highest BCUT2D eigenvalue weighted by Gasteiger charge is 2.68. The molecule has 26 heavy (non-hydrogen) atoms. The maximum absolute atomic E-state index is 12.5. The number of anilines is 1. The van der Waals surface area contributed by atoms with Crippen LogP contribution < -0.4 is 5.32 Å². The molecule has 6 atom stereocenters. The van der Waals surface area contributed by atoms with Gasteiger partial charge >= 0.3 is 11.9 Å². The van der Waals surface area contributed by atoms with Crippen molar-refractivity contribution in [2.45, 2.75) is 17.4 Å². The van der Waals surface area contributed by atoms with Gasteiger partial charge in [-0.05, 0) is 30.5 Å². The molecule has 2 saturated carbocycles. The van der Waals surface area contributed by atoms with Gasteiger partial charge in [0.2, 0.25) is 0 Å². The van der Waals surface area contributed by atoms with E-state index in [9.17, 15) is 14.4 Å². The normalized spacial score (nSPS) is 33.9. The van der Waals surface area contributed by atoms with E-state index in [0.29, 0.717) is 15.7 Å². The van der Waals surface area contributed by atoms with Crippen LogP contribution in [0, 0.1) is 23.7 Å². The number of ether oxygens (including phenoxy) is 2. The predicted molar refractivity (Wildman–Crippen MR) is 97.2 cm³/mol. The van der Waals surface area contributed by atoms with Crippen LogP contribution in [0.25, 0.3) is 0 Å². The van der Waals surface area contributed by atoms with E-state index in [-0.39, 0.29) is 28.7 Å². The van der Waals surface area contributed by atoms with Crippen LogP contribution in [0.5, 0.6) is 0 Å². The van der Waals surface area contributed by atoms with Crippen molar-refractivity contribution in [2.75, 3.05) is 11.9 Å². The number of amides is 1. The second kappa shape index (κ2) is 6.69. The summed E-state index contributed by atoms with van der Waals surface area (Å²) in [7, 11) is 0. The largest absolute Gasteiger partial charge is 0.461 e. The van der Waals surface area contributed by atoms with Gasteiger partial charge in [0.25, 0.3) is 5.91 Å². The molecule has 1 amide bonds. The topological polar surface area (TPSA) is 81.7 Å². The number of carbonyl (C=O) groups excluding carboxylic acids is 3. The highest BCUT2D eigenvalue weighted by Crippen LogP contribution is 2.60. The van der Waals surface area contributed by atoms with Crippen molar-refractivity contribution in [3.63, 3.8) is 0 Å². The lowest BCUT2D eigenvalue weighted by Gasteiger charge is -2.26. The zero-order valence-electron chi connectivity index (χ0n) is 13.3. The summed E-state index contributed by atoms with van der Waals surface area (Å²) in [4.78, 5) is 36.6. The van der Waals surface area contributed by atoms with Gasteiger partial charge in [-0.15, -0.1) is 0 Å². The zero-order valence-corrected chi connectivity index (χ0v) is 16.4. The Morgan fingerprint density at radius 2 is 2.08 bits per heavy atom. The Morgan fingerprint density at radius 3 is 2.85 bits per heavy atom. The Hall–Kier alpha value is -1.31. The van der Waals surface area contributed by atoms with E-state index in [1.807, 2.05) is 0 Å². The number of hydrogen-bond acceptors (Lipinski definition) is 5. The number of esters is 2. The predicted octanol–water partition coefficient (Wildman–Crippen LogP) is 3.05. The summed E-state index contributed by atoms with van der Waals surface area (Å²) in [5, 5.41) is 3.29. The number of rotatable bonds is 4. The highest BCUT2D eigenvalue weighted by atomic mass is 79.9. The van der Waals surface area contributed by atoms with Crippen molar-refractivity contribution < 1.29 is 23.9 Å². The molecule has 1 N–H and O–H groups in total. The molecule has 1 saturated heterocycles. The van der Waals surface area contributed by atoms with Gasteiger partial charge in [0.05, 0.1) is 27.4 Å². The third kappa shape index (κ3) is 2.90. The van der Waals surface area contributed by atoms with Crippen LogP contribution in [-0.4, -0.2) is 35.4 Å². The van der Waals surface area contributed by atoms with Crippen LogP contribution in [0.15, 0.2) is 18.2 Å². The van der Waals surface area contributed by atoms with Gasteiger partial charge in [0.15, 0.2) is 6.61 Å². The van der Waals surface area contributed by atoms with Crippen molar-refractivity contribution in [1.82, 2.24) is 0 Å². The number of carbonyl (C=O) groups is 3. The molecule has 138 valence electrons. The van der Waals surface area contributed by atoms with Gasteiger partial charge < -0.3 is 14.8 Å². The van der Waals surface area contributed by atoms with Crippen LogP contribution in [0.1, 0.15) is 6.42 Å². The molecule has 0 unspecified atom stereocenters. The molecular weight excluding hydrogens is 449 g/mol. The first-order chi connectivity index (χ1) is 12.4. The Bertz CT molecular complexity index is 803. The number of nitrogens with one attached hydrogen (secondary N) is 1. The number of benzene rings is 1. The third-order valence-corrected chi connectivity index (χ3v) is 7.11. The molecule has 1 aliphatic heterocycles. The molecule has 2 aliphatic carbocycles. The molecule has 9 heteroatoms. The molecule has 0 radical (unpaired) electrons. The zero-order chi connectivity index (χ0) is 18.6. The van der Waals surface area contributed by atoms with Crippen molar-refractivity contribution in [2.24, 2.45) is 23.7 Å². The van der Waals surface area contributed by atoms with E-state index in [4.69, 9.17) is 32.7 Å². The third-order valence-electron chi connectivity index (χ3n) is 5.34. The molecular formula is C17H14BrCl2NO5.